The number of nitrogens with zero attached hydrogens (tertiary/aromatic N) is 1. The molecule has 1 aliphatic rings. The Morgan fingerprint density at radius 1 is 1.41 bits per heavy atom. The van der Waals surface area contributed by atoms with E-state index >= 15 is 0 Å². The van der Waals surface area contributed by atoms with Crippen molar-refractivity contribution in [3.8, 4) is 0 Å². The topological polar surface area (TPSA) is 15.3 Å². The molecule has 0 spiro atoms. The van der Waals surface area contributed by atoms with Crippen LogP contribution in [0.3, 0.4) is 0 Å². The molecule has 96 valence electrons. The van der Waals surface area contributed by atoms with E-state index in [0.29, 0.717) is 0 Å². The van der Waals surface area contributed by atoms with E-state index in [-0.39, 0.29) is 0 Å². The number of hydrogen-bond acceptors (Lipinski definition) is 3. The zero-order valence-electron chi connectivity index (χ0n) is 10.4. The summed E-state index contributed by atoms with van der Waals surface area (Å²) in [5.41, 5.74) is 0. The summed E-state index contributed by atoms with van der Waals surface area (Å²) >= 11 is 5.31. The lowest BCUT2D eigenvalue weighted by Gasteiger charge is -2.20. The first-order valence-corrected chi connectivity index (χ1v) is 8.02. The molecule has 17 heavy (non-hydrogen) atoms. The van der Waals surface area contributed by atoms with Crippen molar-refractivity contribution in [2.75, 3.05) is 26.2 Å². The number of hydrogen-bond donors (Lipinski definition) is 1. The predicted molar refractivity (Wildman–Crippen MR) is 78.6 cm³/mol. The van der Waals surface area contributed by atoms with Crippen LogP contribution < -0.4 is 5.32 Å². The standard InChI is InChI=1S/C13H21BrN2S/c1-11(10-16-6-2-3-7-16)8-15-9-12-4-5-13(14)17-12/h4-5,11,15H,2-3,6-10H2,1H3. The normalized spacial score (nSPS) is 18.7. The van der Waals surface area contributed by atoms with Gasteiger partial charge in [-0.3, -0.25) is 0 Å². The van der Waals surface area contributed by atoms with Crippen LogP contribution >= 0.6 is 27.3 Å². The highest BCUT2D eigenvalue weighted by molar-refractivity contribution is 9.11. The van der Waals surface area contributed by atoms with Crippen LogP contribution in [0.15, 0.2) is 15.9 Å². The monoisotopic (exact) mass is 316 g/mol. The summed E-state index contributed by atoms with van der Waals surface area (Å²) in [7, 11) is 0. The van der Waals surface area contributed by atoms with Crippen molar-refractivity contribution in [2.45, 2.75) is 26.3 Å². The molecule has 1 unspecified atom stereocenters. The van der Waals surface area contributed by atoms with Crippen LogP contribution in [0.4, 0.5) is 0 Å². The molecule has 0 saturated carbocycles. The molecule has 1 saturated heterocycles. The zero-order chi connectivity index (χ0) is 12.1. The van der Waals surface area contributed by atoms with Crippen molar-refractivity contribution in [1.82, 2.24) is 10.2 Å². The van der Waals surface area contributed by atoms with E-state index in [9.17, 15) is 0 Å². The van der Waals surface area contributed by atoms with Crippen LogP contribution in [0.5, 0.6) is 0 Å². The number of rotatable bonds is 6. The Kier molecular flexibility index (Phi) is 5.48. The fraction of sp³-hybridized carbons (Fsp3) is 0.692. The van der Waals surface area contributed by atoms with Gasteiger partial charge in [-0.25, -0.2) is 0 Å². The quantitative estimate of drug-likeness (QED) is 0.866. The molecule has 2 nitrogen and oxygen atoms in total. The van der Waals surface area contributed by atoms with Crippen LogP contribution in [0.25, 0.3) is 0 Å². The largest absolute Gasteiger partial charge is 0.312 e. The van der Waals surface area contributed by atoms with Crippen LogP contribution in [0.2, 0.25) is 0 Å². The highest BCUT2D eigenvalue weighted by Gasteiger charge is 2.14. The molecule has 2 heterocycles. The van der Waals surface area contributed by atoms with Gasteiger partial charge in [-0.15, -0.1) is 11.3 Å². The minimum absolute atomic E-state index is 0.747. The Bertz CT molecular complexity index is 334. The van der Waals surface area contributed by atoms with Gasteiger partial charge in [-0.2, -0.15) is 0 Å². The maximum Gasteiger partial charge on any atom is 0.0701 e. The molecule has 1 fully saturated rings. The number of thiophene rings is 1. The van der Waals surface area contributed by atoms with Gasteiger partial charge in [0.2, 0.25) is 0 Å². The Labute approximate surface area is 117 Å². The fourth-order valence-corrected chi connectivity index (χ4v) is 3.81. The van der Waals surface area contributed by atoms with Crippen molar-refractivity contribution in [1.29, 1.82) is 0 Å². The number of likely N-dealkylation sites (tertiary alicyclic amines) is 1. The van der Waals surface area contributed by atoms with Crippen molar-refractivity contribution < 1.29 is 0 Å². The Hall–Kier alpha value is 0.1000. The summed E-state index contributed by atoms with van der Waals surface area (Å²) in [6.45, 7) is 8.33. The van der Waals surface area contributed by atoms with E-state index in [1.807, 2.05) is 11.3 Å². The third kappa shape index (κ3) is 4.70. The van der Waals surface area contributed by atoms with Gasteiger partial charge in [-0.1, -0.05) is 6.92 Å². The van der Waals surface area contributed by atoms with Crippen LogP contribution in [-0.2, 0) is 6.54 Å². The van der Waals surface area contributed by atoms with Crippen LogP contribution in [0, 0.1) is 5.92 Å². The Balaban J connectivity index is 1.60. The first-order chi connectivity index (χ1) is 8.24. The average Bonchev–Trinajstić information content (AvgIpc) is 2.90. The van der Waals surface area contributed by atoms with Gasteiger partial charge in [0.25, 0.3) is 0 Å². The van der Waals surface area contributed by atoms with E-state index in [1.165, 1.54) is 41.1 Å². The van der Waals surface area contributed by atoms with Gasteiger partial charge in [0.15, 0.2) is 0 Å². The summed E-state index contributed by atoms with van der Waals surface area (Å²) in [4.78, 5) is 4.00. The molecule has 1 atom stereocenters. The van der Waals surface area contributed by atoms with Crippen molar-refractivity contribution in [3.63, 3.8) is 0 Å². The molecule has 0 amide bonds. The molecule has 0 aliphatic carbocycles. The van der Waals surface area contributed by atoms with Gasteiger partial charge in [0.1, 0.15) is 0 Å². The second-order valence-electron chi connectivity index (χ2n) is 4.95. The molecule has 0 aromatic carbocycles. The fourth-order valence-electron chi connectivity index (χ4n) is 2.36. The second-order valence-corrected chi connectivity index (χ2v) is 7.50. The first kappa shape index (κ1) is 13.5. The van der Waals surface area contributed by atoms with E-state index in [1.54, 1.807) is 0 Å². The lowest BCUT2D eigenvalue weighted by atomic mass is 10.1. The van der Waals surface area contributed by atoms with E-state index in [4.69, 9.17) is 0 Å². The SMILES string of the molecule is CC(CNCc1ccc(Br)s1)CN1CCCC1. The molecular weight excluding hydrogens is 296 g/mol. The molecule has 1 aromatic rings. The smallest absolute Gasteiger partial charge is 0.0701 e. The van der Waals surface area contributed by atoms with E-state index in [0.717, 1.165) is 19.0 Å². The van der Waals surface area contributed by atoms with Crippen LogP contribution in [0.1, 0.15) is 24.6 Å². The Morgan fingerprint density at radius 2 is 2.18 bits per heavy atom. The summed E-state index contributed by atoms with van der Waals surface area (Å²) in [6, 6.07) is 4.31. The summed E-state index contributed by atoms with van der Waals surface area (Å²) in [6.07, 6.45) is 2.78. The Morgan fingerprint density at radius 3 is 2.82 bits per heavy atom. The molecule has 1 aromatic heterocycles. The molecule has 0 bridgehead atoms. The van der Waals surface area contributed by atoms with Crippen molar-refractivity contribution >= 4 is 27.3 Å². The van der Waals surface area contributed by atoms with Crippen LogP contribution in [-0.4, -0.2) is 31.1 Å². The van der Waals surface area contributed by atoms with E-state index in [2.05, 4.69) is 45.2 Å². The third-order valence-corrected chi connectivity index (χ3v) is 4.81. The molecule has 4 heteroatoms. The minimum atomic E-state index is 0.747. The summed E-state index contributed by atoms with van der Waals surface area (Å²) in [5, 5.41) is 3.55. The molecule has 1 aliphatic heterocycles. The van der Waals surface area contributed by atoms with Gasteiger partial charge < -0.3 is 10.2 Å². The second kappa shape index (κ2) is 6.88. The van der Waals surface area contributed by atoms with Gasteiger partial charge in [-0.05, 0) is 66.5 Å². The number of nitrogens with one attached hydrogen (secondary N) is 1. The molecule has 0 radical (unpaired) electrons. The summed E-state index contributed by atoms with van der Waals surface area (Å²) < 4.78 is 1.22. The minimum Gasteiger partial charge on any atom is -0.312 e. The first-order valence-electron chi connectivity index (χ1n) is 6.41. The maximum atomic E-state index is 3.55. The molecule has 2 rings (SSSR count). The predicted octanol–water partition coefficient (Wildman–Crippen LogP) is 3.33. The zero-order valence-corrected chi connectivity index (χ0v) is 12.8. The van der Waals surface area contributed by atoms with Gasteiger partial charge in [0, 0.05) is 18.0 Å². The lowest BCUT2D eigenvalue weighted by molar-refractivity contribution is 0.283. The highest BCUT2D eigenvalue weighted by Crippen LogP contribution is 2.21. The van der Waals surface area contributed by atoms with Gasteiger partial charge >= 0.3 is 0 Å². The lowest BCUT2D eigenvalue weighted by Crippen LogP contribution is -2.31. The number of halogens is 1. The average molecular weight is 317 g/mol. The van der Waals surface area contributed by atoms with Gasteiger partial charge in [0.05, 0.1) is 3.79 Å². The molecular formula is C13H21BrN2S. The molecule has 1 N–H and O–H groups in total. The van der Waals surface area contributed by atoms with E-state index < -0.39 is 0 Å². The van der Waals surface area contributed by atoms with Crippen molar-refractivity contribution in [3.05, 3.63) is 20.8 Å². The summed E-state index contributed by atoms with van der Waals surface area (Å²) in [5.74, 6) is 0.747. The third-order valence-electron chi connectivity index (χ3n) is 3.19. The highest BCUT2D eigenvalue weighted by atomic mass is 79.9. The maximum absolute atomic E-state index is 3.55. The van der Waals surface area contributed by atoms with Crippen molar-refractivity contribution in [2.24, 2.45) is 5.92 Å².